The van der Waals surface area contributed by atoms with Crippen LogP contribution in [0, 0.1) is 0 Å². The number of carbonyl (C=O) groups excluding carboxylic acids is 1. The van der Waals surface area contributed by atoms with Crippen LogP contribution in [0.25, 0.3) is 0 Å². The van der Waals surface area contributed by atoms with Crippen molar-refractivity contribution in [3.8, 4) is 0 Å². The Bertz CT molecular complexity index is 329. The van der Waals surface area contributed by atoms with E-state index in [0.29, 0.717) is 13.1 Å². The van der Waals surface area contributed by atoms with Gasteiger partial charge in [0.1, 0.15) is 0 Å². The molecule has 1 rings (SSSR count). The van der Waals surface area contributed by atoms with Crippen molar-refractivity contribution in [1.29, 1.82) is 0 Å². The molecular formula is C12H24N4O4. The molecule has 0 radical (unpaired) electrons. The summed E-state index contributed by atoms with van der Waals surface area (Å²) in [5.74, 6) is -1.33. The Morgan fingerprint density at radius 1 is 1.25 bits per heavy atom. The minimum atomic E-state index is -1.56. The lowest BCUT2D eigenvalue weighted by Gasteiger charge is -2.35. The molecule has 0 aromatic carbocycles. The molecule has 1 unspecified atom stereocenters. The second-order valence-electron chi connectivity index (χ2n) is 5.17. The van der Waals surface area contributed by atoms with Crippen LogP contribution in [0.5, 0.6) is 0 Å². The molecule has 8 nitrogen and oxygen atoms in total. The maximum absolute atomic E-state index is 11.8. The van der Waals surface area contributed by atoms with Crippen LogP contribution in [-0.4, -0.2) is 103 Å². The zero-order chi connectivity index (χ0) is 15.1. The molecule has 1 saturated heterocycles. The van der Waals surface area contributed by atoms with Crippen molar-refractivity contribution >= 4 is 12.0 Å². The second-order valence-corrected chi connectivity index (χ2v) is 5.17. The number of amides is 2. The van der Waals surface area contributed by atoms with Crippen molar-refractivity contribution in [2.24, 2.45) is 0 Å². The summed E-state index contributed by atoms with van der Waals surface area (Å²) in [7, 11) is 4.05. The maximum Gasteiger partial charge on any atom is 0.334 e. The average molecular weight is 288 g/mol. The molecule has 1 atom stereocenters. The largest absolute Gasteiger partial charge is 0.479 e. The molecule has 0 bridgehead atoms. The Morgan fingerprint density at radius 2 is 1.85 bits per heavy atom. The SMILES string of the molecule is CN(C)CCN1CCN(C(=O)NCC(O)C(=O)O)CC1. The summed E-state index contributed by atoms with van der Waals surface area (Å²) in [6.07, 6.45) is -1.56. The maximum atomic E-state index is 11.8. The number of nitrogens with one attached hydrogen (secondary N) is 1. The van der Waals surface area contributed by atoms with Crippen LogP contribution in [0.1, 0.15) is 0 Å². The number of hydrogen-bond donors (Lipinski definition) is 3. The van der Waals surface area contributed by atoms with Crippen molar-refractivity contribution in [2.75, 3.05) is 59.9 Å². The van der Waals surface area contributed by atoms with Crippen LogP contribution in [0.4, 0.5) is 4.79 Å². The van der Waals surface area contributed by atoms with E-state index in [1.165, 1.54) is 0 Å². The molecule has 20 heavy (non-hydrogen) atoms. The average Bonchev–Trinajstić information content (AvgIpc) is 2.42. The highest BCUT2D eigenvalue weighted by Crippen LogP contribution is 2.02. The van der Waals surface area contributed by atoms with Gasteiger partial charge < -0.3 is 25.3 Å². The van der Waals surface area contributed by atoms with Crippen molar-refractivity contribution in [1.82, 2.24) is 20.0 Å². The first kappa shape index (κ1) is 16.7. The minimum Gasteiger partial charge on any atom is -0.479 e. The highest BCUT2D eigenvalue weighted by Gasteiger charge is 2.22. The van der Waals surface area contributed by atoms with E-state index >= 15 is 0 Å². The van der Waals surface area contributed by atoms with Gasteiger partial charge in [-0.3, -0.25) is 4.90 Å². The van der Waals surface area contributed by atoms with Crippen LogP contribution in [0.15, 0.2) is 0 Å². The molecule has 8 heteroatoms. The van der Waals surface area contributed by atoms with Gasteiger partial charge in [0.2, 0.25) is 0 Å². The second kappa shape index (κ2) is 8.03. The summed E-state index contributed by atoms with van der Waals surface area (Å²) in [6, 6.07) is -0.322. The van der Waals surface area contributed by atoms with Gasteiger partial charge in [-0.25, -0.2) is 9.59 Å². The number of nitrogens with zero attached hydrogens (tertiary/aromatic N) is 3. The van der Waals surface area contributed by atoms with E-state index in [9.17, 15) is 9.59 Å². The standard InChI is InChI=1S/C12H24N4O4/c1-14(2)3-4-15-5-7-16(8-6-15)12(20)13-9-10(17)11(18)19/h10,17H,3-9H2,1-2H3,(H,13,20)(H,18,19). The molecule has 1 fully saturated rings. The monoisotopic (exact) mass is 288 g/mol. The van der Waals surface area contributed by atoms with E-state index in [-0.39, 0.29) is 12.6 Å². The van der Waals surface area contributed by atoms with Crippen LogP contribution < -0.4 is 5.32 Å². The van der Waals surface area contributed by atoms with Crippen molar-refractivity contribution < 1.29 is 19.8 Å². The first-order valence-electron chi connectivity index (χ1n) is 6.71. The van der Waals surface area contributed by atoms with E-state index in [4.69, 9.17) is 10.2 Å². The van der Waals surface area contributed by atoms with Gasteiger partial charge in [0.05, 0.1) is 6.54 Å². The Balaban J connectivity index is 2.23. The smallest absolute Gasteiger partial charge is 0.334 e. The van der Waals surface area contributed by atoms with Gasteiger partial charge >= 0.3 is 12.0 Å². The highest BCUT2D eigenvalue weighted by atomic mass is 16.4. The number of aliphatic carboxylic acids is 1. The molecule has 1 aliphatic rings. The number of hydrogen-bond acceptors (Lipinski definition) is 5. The molecule has 2 amide bonds. The molecule has 3 N–H and O–H groups in total. The van der Waals surface area contributed by atoms with Crippen LogP contribution >= 0.6 is 0 Å². The number of carboxylic acids is 1. The van der Waals surface area contributed by atoms with Gasteiger partial charge in [-0.1, -0.05) is 0 Å². The summed E-state index contributed by atoms with van der Waals surface area (Å²) in [4.78, 5) is 28.3. The first-order chi connectivity index (χ1) is 9.40. The van der Waals surface area contributed by atoms with Gasteiger partial charge in [-0.15, -0.1) is 0 Å². The van der Waals surface area contributed by atoms with Gasteiger partial charge in [0.15, 0.2) is 6.10 Å². The van der Waals surface area contributed by atoms with Gasteiger partial charge in [-0.2, -0.15) is 0 Å². The zero-order valence-corrected chi connectivity index (χ0v) is 12.1. The number of piperazine rings is 1. The Hall–Kier alpha value is -1.38. The Labute approximate surface area is 118 Å². The predicted octanol–water partition coefficient (Wildman–Crippen LogP) is -1.68. The summed E-state index contributed by atoms with van der Waals surface area (Å²) >= 11 is 0. The molecular weight excluding hydrogens is 264 g/mol. The Morgan fingerprint density at radius 3 is 2.35 bits per heavy atom. The fourth-order valence-electron chi connectivity index (χ4n) is 1.90. The quantitative estimate of drug-likeness (QED) is 0.540. The lowest BCUT2D eigenvalue weighted by Crippen LogP contribution is -2.53. The fraction of sp³-hybridized carbons (Fsp3) is 0.833. The lowest BCUT2D eigenvalue weighted by atomic mass is 10.3. The number of likely N-dealkylation sites (N-methyl/N-ethyl adjacent to an activating group) is 1. The van der Waals surface area contributed by atoms with E-state index in [0.717, 1.165) is 26.2 Å². The van der Waals surface area contributed by atoms with Crippen LogP contribution in [-0.2, 0) is 4.79 Å². The van der Waals surface area contributed by atoms with E-state index in [1.807, 2.05) is 14.1 Å². The van der Waals surface area contributed by atoms with Gasteiger partial charge in [-0.05, 0) is 14.1 Å². The van der Waals surface area contributed by atoms with Crippen molar-refractivity contribution in [3.63, 3.8) is 0 Å². The van der Waals surface area contributed by atoms with Crippen molar-refractivity contribution in [3.05, 3.63) is 0 Å². The van der Waals surface area contributed by atoms with E-state index in [1.54, 1.807) is 4.90 Å². The molecule has 1 heterocycles. The molecule has 116 valence electrons. The topological polar surface area (TPSA) is 96.4 Å². The third-order valence-corrected chi connectivity index (χ3v) is 3.25. The third kappa shape index (κ3) is 5.72. The zero-order valence-electron chi connectivity index (χ0n) is 12.1. The summed E-state index contributed by atoms with van der Waals surface area (Å²) in [5.41, 5.74) is 0. The number of aliphatic hydroxyl groups excluding tert-OH is 1. The number of aliphatic hydroxyl groups is 1. The molecule has 0 spiro atoms. The predicted molar refractivity (Wildman–Crippen MR) is 73.6 cm³/mol. The summed E-state index contributed by atoms with van der Waals surface area (Å²) in [5, 5.41) is 20.0. The van der Waals surface area contributed by atoms with Crippen LogP contribution in [0.2, 0.25) is 0 Å². The van der Waals surface area contributed by atoms with Gasteiger partial charge in [0.25, 0.3) is 0 Å². The molecule has 0 aliphatic carbocycles. The minimum absolute atomic E-state index is 0.269. The number of carbonyl (C=O) groups is 2. The highest BCUT2D eigenvalue weighted by molar-refractivity contribution is 5.76. The number of rotatable bonds is 6. The van der Waals surface area contributed by atoms with E-state index < -0.39 is 12.1 Å². The molecule has 0 aromatic rings. The molecule has 0 saturated carbocycles. The van der Waals surface area contributed by atoms with Gasteiger partial charge in [0, 0.05) is 39.3 Å². The Kier molecular flexibility index (Phi) is 6.69. The molecule has 1 aliphatic heterocycles. The van der Waals surface area contributed by atoms with Crippen LogP contribution in [0.3, 0.4) is 0 Å². The van der Waals surface area contributed by atoms with E-state index in [2.05, 4.69) is 15.1 Å². The summed E-state index contributed by atoms with van der Waals surface area (Å²) < 4.78 is 0. The number of urea groups is 1. The molecule has 0 aromatic heterocycles. The fourth-order valence-corrected chi connectivity index (χ4v) is 1.90. The normalized spacial score (nSPS) is 18.1. The lowest BCUT2D eigenvalue weighted by molar-refractivity contribution is -0.146. The summed E-state index contributed by atoms with van der Waals surface area (Å²) in [6.45, 7) is 4.53. The number of carboxylic acid groups (broad SMARTS) is 1. The third-order valence-electron chi connectivity index (χ3n) is 3.25. The van der Waals surface area contributed by atoms with Crippen molar-refractivity contribution in [2.45, 2.75) is 6.10 Å². The first-order valence-corrected chi connectivity index (χ1v) is 6.71.